The number of benzene rings is 1. The van der Waals surface area contributed by atoms with Crippen LogP contribution in [0.5, 0.6) is 5.75 Å². The Morgan fingerprint density at radius 1 is 1.21 bits per heavy atom. The summed E-state index contributed by atoms with van der Waals surface area (Å²) in [6.07, 6.45) is 0. The summed E-state index contributed by atoms with van der Waals surface area (Å²) in [6, 6.07) is 1.46. The summed E-state index contributed by atoms with van der Waals surface area (Å²) in [4.78, 5) is 10.7. The van der Waals surface area contributed by atoms with Gasteiger partial charge in [0.1, 0.15) is 11.3 Å². The van der Waals surface area contributed by atoms with E-state index < -0.39 is 5.97 Å². The SMILES string of the molecule is O=C(O)c1cc(I)c(I)c(I)c1O.[Zn]. The third kappa shape index (κ3) is 3.15. The molecule has 14 heavy (non-hydrogen) atoms. The maximum Gasteiger partial charge on any atom is 0.339 e. The van der Waals surface area contributed by atoms with Crippen molar-refractivity contribution in [1.29, 1.82) is 0 Å². The van der Waals surface area contributed by atoms with E-state index in [0.29, 0.717) is 3.57 Å². The molecule has 0 fully saturated rings. The van der Waals surface area contributed by atoms with Crippen LogP contribution in [0.25, 0.3) is 0 Å². The zero-order valence-corrected chi connectivity index (χ0v) is 16.2. The van der Waals surface area contributed by atoms with E-state index in [1.165, 1.54) is 6.07 Å². The molecule has 0 unspecified atom stereocenters. The van der Waals surface area contributed by atoms with Crippen LogP contribution in [0.3, 0.4) is 0 Å². The van der Waals surface area contributed by atoms with Crippen molar-refractivity contribution in [1.82, 2.24) is 0 Å². The minimum absolute atomic E-state index is 0. The van der Waals surface area contributed by atoms with Gasteiger partial charge in [-0.15, -0.1) is 0 Å². The number of carboxylic acid groups (broad SMARTS) is 1. The third-order valence-electron chi connectivity index (χ3n) is 1.37. The number of carbonyl (C=O) groups is 1. The molecule has 0 amide bonds. The van der Waals surface area contributed by atoms with Gasteiger partial charge in [0.15, 0.2) is 0 Å². The van der Waals surface area contributed by atoms with Gasteiger partial charge < -0.3 is 10.2 Å². The van der Waals surface area contributed by atoms with E-state index in [1.54, 1.807) is 0 Å². The first-order chi connectivity index (χ1) is 5.95. The fraction of sp³-hybridized carbons (Fsp3) is 0. The minimum atomic E-state index is -1.11. The number of phenols is 1. The van der Waals surface area contributed by atoms with Gasteiger partial charge in [-0.3, -0.25) is 0 Å². The van der Waals surface area contributed by atoms with Gasteiger partial charge in [-0.25, -0.2) is 4.79 Å². The monoisotopic (exact) mass is 580 g/mol. The Hall–Kier alpha value is 1.30. The van der Waals surface area contributed by atoms with Crippen molar-refractivity contribution in [3.05, 3.63) is 22.3 Å². The van der Waals surface area contributed by atoms with Gasteiger partial charge in [-0.1, -0.05) is 0 Å². The van der Waals surface area contributed by atoms with Gasteiger partial charge in [-0.05, 0) is 73.8 Å². The number of halogens is 3. The zero-order chi connectivity index (χ0) is 10.2. The maximum absolute atomic E-state index is 10.7. The van der Waals surface area contributed by atoms with Crippen molar-refractivity contribution in [3.63, 3.8) is 0 Å². The molecule has 0 heterocycles. The number of hydrogen-bond donors (Lipinski definition) is 2. The summed E-state index contributed by atoms with van der Waals surface area (Å²) in [7, 11) is 0. The Morgan fingerprint density at radius 2 is 1.71 bits per heavy atom. The summed E-state index contributed by atoms with van der Waals surface area (Å²) in [5, 5.41) is 18.2. The van der Waals surface area contributed by atoms with E-state index in [4.69, 9.17) is 5.11 Å². The predicted octanol–water partition coefficient (Wildman–Crippen LogP) is 2.90. The molecule has 0 saturated carbocycles. The number of hydrogen-bond acceptors (Lipinski definition) is 2. The van der Waals surface area contributed by atoms with Crippen LogP contribution >= 0.6 is 67.8 Å². The van der Waals surface area contributed by atoms with E-state index in [-0.39, 0.29) is 30.8 Å². The molecule has 0 radical (unpaired) electrons. The molecule has 1 aromatic carbocycles. The summed E-state index contributed by atoms with van der Waals surface area (Å²) in [6.45, 7) is 0. The number of aromatic carboxylic acids is 1. The van der Waals surface area contributed by atoms with Crippen LogP contribution in [0.4, 0.5) is 0 Å². The third-order valence-corrected chi connectivity index (χ3v) is 6.45. The molecule has 0 atom stereocenters. The van der Waals surface area contributed by atoms with Crippen LogP contribution < -0.4 is 0 Å². The first-order valence-corrected chi connectivity index (χ1v) is 6.28. The number of rotatable bonds is 1. The van der Waals surface area contributed by atoms with Gasteiger partial charge in [0.25, 0.3) is 0 Å². The Balaban J connectivity index is 0.00000169. The van der Waals surface area contributed by atoms with Crippen molar-refractivity contribution in [3.8, 4) is 5.75 Å². The molecule has 7 heteroatoms. The molecular formula is C7H3I3O3Zn. The standard InChI is InChI=1S/C7H3I3O3.Zn/c8-3-1-2(7(12)13)6(11)5(10)4(3)9;/h1,11H,(H,12,13);. The van der Waals surface area contributed by atoms with Gasteiger partial charge in [0, 0.05) is 26.6 Å². The van der Waals surface area contributed by atoms with E-state index in [9.17, 15) is 9.90 Å². The van der Waals surface area contributed by atoms with Crippen LogP contribution in [0, 0.1) is 10.7 Å². The van der Waals surface area contributed by atoms with Gasteiger partial charge in [0.2, 0.25) is 0 Å². The summed E-state index contributed by atoms with van der Waals surface area (Å²) in [5.74, 6) is -1.26. The molecular weight excluding hydrogens is 578 g/mol. The van der Waals surface area contributed by atoms with E-state index in [2.05, 4.69) is 22.6 Å². The predicted molar refractivity (Wildman–Crippen MR) is 73.2 cm³/mol. The van der Waals surface area contributed by atoms with Gasteiger partial charge in [-0.2, -0.15) is 0 Å². The van der Waals surface area contributed by atoms with E-state index in [0.717, 1.165) is 7.14 Å². The maximum atomic E-state index is 10.7. The number of carboxylic acids is 1. The fourth-order valence-electron chi connectivity index (χ4n) is 0.748. The van der Waals surface area contributed by atoms with Crippen molar-refractivity contribution in [2.45, 2.75) is 0 Å². The van der Waals surface area contributed by atoms with Gasteiger partial charge >= 0.3 is 5.97 Å². The Bertz CT molecular complexity index is 381. The van der Waals surface area contributed by atoms with Crippen molar-refractivity contribution >= 4 is 73.7 Å². The number of aromatic hydroxyl groups is 1. The second-order valence-electron chi connectivity index (χ2n) is 2.19. The summed E-state index contributed by atoms with van der Waals surface area (Å²) >= 11 is 6.03. The summed E-state index contributed by atoms with van der Waals surface area (Å²) < 4.78 is 2.29. The van der Waals surface area contributed by atoms with Crippen molar-refractivity contribution < 1.29 is 34.5 Å². The molecule has 0 saturated heterocycles. The van der Waals surface area contributed by atoms with E-state index in [1.807, 2.05) is 45.2 Å². The van der Waals surface area contributed by atoms with Crippen LogP contribution in [-0.2, 0) is 19.5 Å². The summed E-state index contributed by atoms with van der Waals surface area (Å²) in [5.41, 5.74) is -0.0470. The van der Waals surface area contributed by atoms with E-state index >= 15 is 0 Å². The quantitative estimate of drug-likeness (QED) is 0.305. The largest absolute Gasteiger partial charge is 0.506 e. The second-order valence-corrected chi connectivity index (χ2v) is 5.51. The first-order valence-electron chi connectivity index (χ1n) is 3.05. The smallest absolute Gasteiger partial charge is 0.339 e. The molecule has 2 N–H and O–H groups in total. The average Bonchev–Trinajstić information content (AvgIpc) is 2.07. The molecule has 72 valence electrons. The Labute approximate surface area is 134 Å². The second kappa shape index (κ2) is 6.14. The molecule has 0 aliphatic rings. The fourth-order valence-corrected chi connectivity index (χ4v) is 2.84. The van der Waals surface area contributed by atoms with Crippen LogP contribution in [-0.4, -0.2) is 16.2 Å². The molecule has 0 aliphatic carbocycles. The molecule has 0 aromatic heterocycles. The average molecular weight is 581 g/mol. The normalized spacial score (nSPS) is 9.36. The Morgan fingerprint density at radius 3 is 2.14 bits per heavy atom. The van der Waals surface area contributed by atoms with Crippen LogP contribution in [0.2, 0.25) is 0 Å². The molecule has 1 aromatic rings. The van der Waals surface area contributed by atoms with Crippen molar-refractivity contribution in [2.24, 2.45) is 0 Å². The molecule has 0 aliphatic heterocycles. The molecule has 0 spiro atoms. The molecule has 1 rings (SSSR count). The molecule has 0 bridgehead atoms. The molecule has 3 nitrogen and oxygen atoms in total. The van der Waals surface area contributed by atoms with Crippen LogP contribution in [0.1, 0.15) is 10.4 Å². The van der Waals surface area contributed by atoms with Crippen LogP contribution in [0.15, 0.2) is 6.07 Å². The zero-order valence-electron chi connectivity index (χ0n) is 6.72. The van der Waals surface area contributed by atoms with Gasteiger partial charge in [0.05, 0.1) is 3.57 Å². The Kier molecular flexibility index (Phi) is 6.71. The first kappa shape index (κ1) is 15.3. The minimum Gasteiger partial charge on any atom is -0.506 e. The topological polar surface area (TPSA) is 57.5 Å². The van der Waals surface area contributed by atoms with Crippen molar-refractivity contribution in [2.75, 3.05) is 0 Å².